The van der Waals surface area contributed by atoms with Gasteiger partial charge in [0.05, 0.1) is 11.6 Å². The predicted molar refractivity (Wildman–Crippen MR) is 82.7 cm³/mol. The first-order chi connectivity index (χ1) is 10.3. The number of hydrogen-bond donors (Lipinski definition) is 2. The van der Waals surface area contributed by atoms with E-state index >= 15 is 0 Å². The van der Waals surface area contributed by atoms with E-state index < -0.39 is 0 Å². The molecule has 0 bridgehead atoms. The molecule has 0 saturated carbocycles. The van der Waals surface area contributed by atoms with Gasteiger partial charge in [-0.3, -0.25) is 4.79 Å². The van der Waals surface area contributed by atoms with E-state index in [1.54, 1.807) is 0 Å². The van der Waals surface area contributed by atoms with Crippen LogP contribution < -0.4 is 15.4 Å². The van der Waals surface area contributed by atoms with Crippen molar-refractivity contribution in [1.82, 2.24) is 5.32 Å². The van der Waals surface area contributed by atoms with Gasteiger partial charge in [0, 0.05) is 17.8 Å². The third-order valence-corrected chi connectivity index (χ3v) is 3.54. The minimum Gasteiger partial charge on any atom is -0.491 e. The molecule has 1 unspecified atom stereocenters. The summed E-state index contributed by atoms with van der Waals surface area (Å²) >= 11 is 0. The van der Waals surface area contributed by atoms with Crippen LogP contribution in [0.1, 0.15) is 28.9 Å². The summed E-state index contributed by atoms with van der Waals surface area (Å²) < 4.78 is 5.60. The number of carbonyl (C=O) groups excluding carboxylic acids is 1. The zero-order valence-corrected chi connectivity index (χ0v) is 11.9. The van der Waals surface area contributed by atoms with Gasteiger partial charge in [0.2, 0.25) is 0 Å². The zero-order valence-electron chi connectivity index (χ0n) is 11.9. The molecule has 0 spiro atoms. The number of hydrogen-bond acceptors (Lipinski definition) is 3. The Hall–Kier alpha value is -2.49. The van der Waals surface area contributed by atoms with E-state index in [1.165, 1.54) is 0 Å². The molecule has 0 aromatic heterocycles. The summed E-state index contributed by atoms with van der Waals surface area (Å²) in [6, 6.07) is 15.2. The van der Waals surface area contributed by atoms with Gasteiger partial charge < -0.3 is 15.4 Å². The van der Waals surface area contributed by atoms with Crippen LogP contribution >= 0.6 is 0 Å². The Morgan fingerprint density at radius 2 is 1.95 bits per heavy atom. The third kappa shape index (κ3) is 2.70. The molecule has 21 heavy (non-hydrogen) atoms. The number of fused-ring (bicyclic) bond motifs is 1. The van der Waals surface area contributed by atoms with Crippen molar-refractivity contribution in [2.45, 2.75) is 13.0 Å². The van der Waals surface area contributed by atoms with Gasteiger partial charge in [-0.25, -0.2) is 0 Å². The molecule has 2 aromatic rings. The number of nitrogens with one attached hydrogen (secondary N) is 2. The van der Waals surface area contributed by atoms with Crippen LogP contribution in [-0.2, 0) is 0 Å². The molecule has 1 aliphatic heterocycles. The second kappa shape index (κ2) is 5.87. The summed E-state index contributed by atoms with van der Waals surface area (Å²) in [6.07, 6.45) is 0. The fourth-order valence-corrected chi connectivity index (χ4v) is 2.54. The van der Waals surface area contributed by atoms with Crippen LogP contribution in [0.25, 0.3) is 0 Å². The third-order valence-electron chi connectivity index (χ3n) is 3.54. The number of carbonyl (C=O) groups is 1. The summed E-state index contributed by atoms with van der Waals surface area (Å²) in [5.41, 5.74) is 2.54. The first kappa shape index (κ1) is 13.5. The Balaban J connectivity index is 1.79. The Kier molecular flexibility index (Phi) is 3.77. The molecule has 1 aliphatic rings. The van der Waals surface area contributed by atoms with Gasteiger partial charge in [-0.2, -0.15) is 0 Å². The lowest BCUT2D eigenvalue weighted by molar-refractivity contribution is 0.0931. The molecule has 0 radical (unpaired) electrons. The van der Waals surface area contributed by atoms with E-state index in [9.17, 15) is 4.79 Å². The molecule has 0 fully saturated rings. The lowest BCUT2D eigenvalue weighted by Gasteiger charge is -2.14. The molecule has 3 rings (SSSR count). The highest BCUT2D eigenvalue weighted by molar-refractivity contribution is 5.99. The van der Waals surface area contributed by atoms with Crippen LogP contribution in [0.2, 0.25) is 0 Å². The van der Waals surface area contributed by atoms with Crippen molar-refractivity contribution < 1.29 is 9.53 Å². The van der Waals surface area contributed by atoms with Crippen molar-refractivity contribution in [3.63, 3.8) is 0 Å². The maximum atomic E-state index is 12.5. The fourth-order valence-electron chi connectivity index (χ4n) is 2.54. The molecule has 4 nitrogen and oxygen atoms in total. The zero-order chi connectivity index (χ0) is 14.7. The summed E-state index contributed by atoms with van der Waals surface area (Å²) in [5, 5.41) is 6.26. The number of rotatable bonds is 4. The lowest BCUT2D eigenvalue weighted by Crippen LogP contribution is -2.30. The van der Waals surface area contributed by atoms with Gasteiger partial charge in [-0.05, 0) is 25.1 Å². The molecule has 4 heteroatoms. The first-order valence-corrected chi connectivity index (χ1v) is 7.15. The number of benzene rings is 2. The lowest BCUT2D eigenvalue weighted by atomic mass is 10.1. The predicted octanol–water partition coefficient (Wildman–Crippen LogP) is 2.98. The molecule has 2 N–H and O–H groups in total. The highest BCUT2D eigenvalue weighted by Gasteiger charge is 2.25. The fraction of sp³-hybridized carbons (Fsp3) is 0.235. The van der Waals surface area contributed by atoms with Crippen LogP contribution in [-0.4, -0.2) is 19.1 Å². The Morgan fingerprint density at radius 1 is 1.19 bits per heavy atom. The minimum atomic E-state index is -0.0941. The normalized spacial score (nSPS) is 16.0. The SMILES string of the molecule is CCNc1ccccc1C(=O)NC1COc2ccccc21. The van der Waals surface area contributed by atoms with Crippen LogP contribution in [0.4, 0.5) is 5.69 Å². The van der Waals surface area contributed by atoms with E-state index in [-0.39, 0.29) is 11.9 Å². The molecular weight excluding hydrogens is 264 g/mol. The molecule has 108 valence electrons. The smallest absolute Gasteiger partial charge is 0.253 e. The maximum Gasteiger partial charge on any atom is 0.253 e. The van der Waals surface area contributed by atoms with Crippen molar-refractivity contribution in [2.75, 3.05) is 18.5 Å². The molecule has 1 heterocycles. The summed E-state index contributed by atoms with van der Waals surface area (Å²) in [5.74, 6) is 0.764. The topological polar surface area (TPSA) is 50.4 Å². The number of ether oxygens (including phenoxy) is 1. The molecule has 2 aromatic carbocycles. The molecule has 1 amide bonds. The summed E-state index contributed by atoms with van der Waals surface area (Å²) in [7, 11) is 0. The average Bonchev–Trinajstić information content (AvgIpc) is 2.91. The van der Waals surface area contributed by atoms with E-state index in [4.69, 9.17) is 4.74 Å². The van der Waals surface area contributed by atoms with Crippen LogP contribution in [0.15, 0.2) is 48.5 Å². The van der Waals surface area contributed by atoms with Crippen molar-refractivity contribution in [1.29, 1.82) is 0 Å². The van der Waals surface area contributed by atoms with Gasteiger partial charge in [-0.1, -0.05) is 30.3 Å². The van der Waals surface area contributed by atoms with Crippen LogP contribution in [0, 0.1) is 0 Å². The van der Waals surface area contributed by atoms with E-state index in [2.05, 4.69) is 10.6 Å². The first-order valence-electron chi connectivity index (χ1n) is 7.15. The number of para-hydroxylation sites is 2. The minimum absolute atomic E-state index is 0.0862. The van der Waals surface area contributed by atoms with E-state index in [1.807, 2.05) is 55.5 Å². The summed E-state index contributed by atoms with van der Waals surface area (Å²) in [4.78, 5) is 12.5. The molecule has 0 saturated heterocycles. The summed E-state index contributed by atoms with van der Waals surface area (Å²) in [6.45, 7) is 3.27. The van der Waals surface area contributed by atoms with Gasteiger partial charge in [-0.15, -0.1) is 0 Å². The van der Waals surface area contributed by atoms with Gasteiger partial charge in [0.1, 0.15) is 12.4 Å². The standard InChI is InChI=1S/C17H18N2O2/c1-2-18-14-9-5-3-8-13(14)17(20)19-15-11-21-16-10-6-4-7-12(15)16/h3-10,15,18H,2,11H2,1H3,(H,19,20). The average molecular weight is 282 g/mol. The van der Waals surface area contributed by atoms with Crippen molar-refractivity contribution in [2.24, 2.45) is 0 Å². The molecule has 1 atom stereocenters. The van der Waals surface area contributed by atoms with Gasteiger partial charge >= 0.3 is 0 Å². The van der Waals surface area contributed by atoms with Crippen LogP contribution in [0.3, 0.4) is 0 Å². The largest absolute Gasteiger partial charge is 0.491 e. The quantitative estimate of drug-likeness (QED) is 0.906. The van der Waals surface area contributed by atoms with Crippen molar-refractivity contribution in [3.05, 3.63) is 59.7 Å². The van der Waals surface area contributed by atoms with E-state index in [0.29, 0.717) is 12.2 Å². The highest BCUT2D eigenvalue weighted by atomic mass is 16.5. The maximum absolute atomic E-state index is 12.5. The Labute approximate surface area is 124 Å². The Bertz CT molecular complexity index is 655. The van der Waals surface area contributed by atoms with Crippen molar-refractivity contribution >= 4 is 11.6 Å². The Morgan fingerprint density at radius 3 is 2.81 bits per heavy atom. The number of amides is 1. The highest BCUT2D eigenvalue weighted by Crippen LogP contribution is 2.32. The van der Waals surface area contributed by atoms with E-state index in [0.717, 1.165) is 23.5 Å². The second-order valence-corrected chi connectivity index (χ2v) is 4.95. The second-order valence-electron chi connectivity index (χ2n) is 4.95. The van der Waals surface area contributed by atoms with Crippen molar-refractivity contribution in [3.8, 4) is 5.75 Å². The van der Waals surface area contributed by atoms with Crippen LogP contribution in [0.5, 0.6) is 5.75 Å². The molecular formula is C17H18N2O2. The van der Waals surface area contributed by atoms with Gasteiger partial charge in [0.25, 0.3) is 5.91 Å². The molecule has 0 aliphatic carbocycles. The van der Waals surface area contributed by atoms with Gasteiger partial charge in [0.15, 0.2) is 0 Å². The number of anilines is 1. The monoisotopic (exact) mass is 282 g/mol.